The summed E-state index contributed by atoms with van der Waals surface area (Å²) >= 11 is 1.34. The third kappa shape index (κ3) is 2.11. The summed E-state index contributed by atoms with van der Waals surface area (Å²) in [5.74, 6) is -1.24. The van der Waals surface area contributed by atoms with E-state index in [2.05, 4.69) is 15.7 Å². The fourth-order valence-electron chi connectivity index (χ4n) is 1.79. The van der Waals surface area contributed by atoms with E-state index in [9.17, 15) is 8.78 Å². The predicted octanol–water partition coefficient (Wildman–Crippen LogP) is 3.09. The van der Waals surface area contributed by atoms with Gasteiger partial charge in [0.05, 0.1) is 5.69 Å². The highest BCUT2D eigenvalue weighted by Crippen LogP contribution is 2.30. The van der Waals surface area contributed by atoms with Crippen molar-refractivity contribution in [3.63, 3.8) is 0 Å². The molecule has 1 aromatic carbocycles. The zero-order valence-corrected chi connectivity index (χ0v) is 9.88. The van der Waals surface area contributed by atoms with Crippen LogP contribution in [0, 0.1) is 17.1 Å². The lowest BCUT2D eigenvalue weighted by atomic mass is 10.0. The minimum absolute atomic E-state index is 0.436. The van der Waals surface area contributed by atoms with Gasteiger partial charge in [0.2, 0.25) is 0 Å². The van der Waals surface area contributed by atoms with Gasteiger partial charge in [0.1, 0.15) is 17.3 Å². The Bertz CT molecular complexity index is 578. The predicted molar refractivity (Wildman–Crippen MR) is 62.3 cm³/mol. The molecule has 0 spiro atoms. The van der Waals surface area contributed by atoms with Gasteiger partial charge in [-0.3, -0.25) is 0 Å². The molecule has 0 fully saturated rings. The van der Waals surface area contributed by atoms with Crippen LogP contribution in [0.5, 0.6) is 0 Å². The van der Waals surface area contributed by atoms with Crippen LogP contribution in [0.3, 0.4) is 0 Å². The highest BCUT2D eigenvalue weighted by atomic mass is 32.1. The van der Waals surface area contributed by atoms with E-state index in [1.807, 2.05) is 0 Å². The van der Waals surface area contributed by atoms with Crippen LogP contribution >= 0.6 is 11.3 Å². The Morgan fingerprint density at radius 2 is 2.06 bits per heavy atom. The maximum absolute atomic E-state index is 13.1. The molecule has 18 heavy (non-hydrogen) atoms. The molecular weight excluding hydrogens is 258 g/mol. The first-order chi connectivity index (χ1) is 8.72. The molecule has 1 atom stereocenters. The molecule has 1 aliphatic heterocycles. The third-order valence-electron chi connectivity index (χ3n) is 2.61. The van der Waals surface area contributed by atoms with E-state index < -0.39 is 17.7 Å². The average molecular weight is 265 g/mol. The average Bonchev–Trinajstić information content (AvgIpc) is 2.99. The van der Waals surface area contributed by atoms with Gasteiger partial charge in [-0.2, -0.15) is 0 Å². The van der Waals surface area contributed by atoms with Crippen molar-refractivity contribution in [1.82, 2.24) is 4.98 Å². The number of aromatic nitrogens is 1. The van der Waals surface area contributed by atoms with Gasteiger partial charge in [-0.25, -0.2) is 13.8 Å². The second-order valence-corrected chi connectivity index (χ2v) is 4.52. The summed E-state index contributed by atoms with van der Waals surface area (Å²) in [6.07, 6.45) is -0.0209. The van der Waals surface area contributed by atoms with Gasteiger partial charge < -0.3 is 4.84 Å². The summed E-state index contributed by atoms with van der Waals surface area (Å²) in [4.78, 5) is 9.19. The van der Waals surface area contributed by atoms with E-state index in [0.717, 1.165) is 6.07 Å². The van der Waals surface area contributed by atoms with E-state index >= 15 is 0 Å². The molecule has 2 aromatic rings. The van der Waals surface area contributed by atoms with Crippen LogP contribution in [0.2, 0.25) is 0 Å². The Morgan fingerprint density at radius 3 is 2.72 bits per heavy atom. The van der Waals surface area contributed by atoms with Crippen LogP contribution in [-0.2, 0) is 4.84 Å². The van der Waals surface area contributed by atoms with Crippen molar-refractivity contribution in [2.45, 2.75) is 12.5 Å². The summed E-state index contributed by atoms with van der Waals surface area (Å²) in [5.41, 5.74) is 4.51. The Kier molecular flexibility index (Phi) is 2.79. The molecule has 2 heterocycles. The van der Waals surface area contributed by atoms with Gasteiger partial charge >= 0.3 is 0 Å². The minimum Gasteiger partial charge on any atom is -0.387 e. The summed E-state index contributed by atoms with van der Waals surface area (Å²) in [7, 11) is 0. The van der Waals surface area contributed by atoms with Gasteiger partial charge in [-0.1, -0.05) is 5.16 Å². The second kappa shape index (κ2) is 4.45. The summed E-state index contributed by atoms with van der Waals surface area (Å²) in [6, 6.07) is 3.33. The van der Waals surface area contributed by atoms with Crippen LogP contribution in [-0.4, -0.2) is 10.7 Å². The van der Waals surface area contributed by atoms with Crippen LogP contribution in [0.4, 0.5) is 8.78 Å². The molecule has 0 aliphatic carbocycles. The molecule has 0 saturated heterocycles. The van der Waals surface area contributed by atoms with Gasteiger partial charge in [0.25, 0.3) is 0 Å². The first-order valence-electron chi connectivity index (χ1n) is 5.23. The summed E-state index contributed by atoms with van der Waals surface area (Å²) in [6.45, 7) is 0. The molecule has 0 N–H and O–H groups in total. The monoisotopic (exact) mass is 265 g/mol. The zero-order chi connectivity index (χ0) is 12.5. The van der Waals surface area contributed by atoms with Crippen molar-refractivity contribution in [3.05, 3.63) is 52.0 Å². The topological polar surface area (TPSA) is 34.5 Å². The lowest BCUT2D eigenvalue weighted by Gasteiger charge is -2.08. The van der Waals surface area contributed by atoms with Crippen LogP contribution in [0.25, 0.3) is 0 Å². The van der Waals surface area contributed by atoms with Gasteiger partial charge in [0, 0.05) is 23.4 Å². The Morgan fingerprint density at radius 1 is 1.28 bits per heavy atom. The number of halogens is 2. The lowest BCUT2D eigenvalue weighted by molar-refractivity contribution is 0.0852. The maximum atomic E-state index is 13.1. The summed E-state index contributed by atoms with van der Waals surface area (Å²) < 4.78 is 26.2. The Hall–Kier alpha value is -1.82. The molecule has 91 valence electrons. The van der Waals surface area contributed by atoms with Crippen LogP contribution < -0.4 is 0 Å². The molecule has 0 amide bonds. The first-order valence-corrected chi connectivity index (χ1v) is 6.11. The molecule has 0 unspecified atom stereocenters. The number of rotatable bonds is 2. The van der Waals surface area contributed by atoms with E-state index in [-0.39, 0.29) is 0 Å². The van der Waals surface area contributed by atoms with Gasteiger partial charge in [0.15, 0.2) is 11.6 Å². The molecule has 0 bridgehead atoms. The van der Waals surface area contributed by atoms with E-state index in [4.69, 9.17) is 4.84 Å². The Balaban J connectivity index is 1.81. The molecular formula is C12H7F2N2OS. The zero-order valence-electron chi connectivity index (χ0n) is 9.06. The number of nitrogens with zero attached hydrogens (tertiary/aromatic N) is 2. The van der Waals surface area contributed by atoms with E-state index in [0.29, 0.717) is 23.4 Å². The maximum Gasteiger partial charge on any atom is 0.158 e. The highest BCUT2D eigenvalue weighted by molar-refractivity contribution is 7.07. The van der Waals surface area contributed by atoms with E-state index in [1.54, 1.807) is 5.38 Å². The molecule has 0 saturated carbocycles. The molecule has 1 aliphatic rings. The van der Waals surface area contributed by atoms with Gasteiger partial charge in [-0.05, 0) is 12.1 Å². The van der Waals surface area contributed by atoms with E-state index in [1.165, 1.54) is 23.5 Å². The number of benzene rings is 1. The minimum atomic E-state index is -0.621. The van der Waals surface area contributed by atoms with Crippen molar-refractivity contribution in [2.24, 2.45) is 5.16 Å². The number of hydrogen-bond acceptors (Lipinski definition) is 4. The molecule has 1 aromatic heterocycles. The Labute approximate surface area is 106 Å². The fourth-order valence-corrected chi connectivity index (χ4v) is 2.29. The van der Waals surface area contributed by atoms with Crippen molar-refractivity contribution in [3.8, 4) is 0 Å². The molecule has 6 heteroatoms. The smallest absolute Gasteiger partial charge is 0.158 e. The molecule has 3 rings (SSSR count). The largest absolute Gasteiger partial charge is 0.387 e. The highest BCUT2D eigenvalue weighted by Gasteiger charge is 2.25. The fraction of sp³-hybridized carbons (Fsp3) is 0.167. The summed E-state index contributed by atoms with van der Waals surface area (Å²) in [5, 5.41) is 5.69. The first kappa shape index (κ1) is 11.3. The number of hydrogen-bond donors (Lipinski definition) is 0. The SMILES string of the molecule is Fc1cc(F)cc([C@H]2CC(c3cs[c]n3)=NO2)c1. The van der Waals surface area contributed by atoms with Gasteiger partial charge in [-0.15, -0.1) is 11.3 Å². The normalized spacial score (nSPS) is 18.6. The number of oxime groups is 1. The molecule has 1 radical (unpaired) electrons. The second-order valence-electron chi connectivity index (χ2n) is 3.86. The quantitative estimate of drug-likeness (QED) is 0.836. The standard InChI is InChI=1S/C12H7F2N2OS/c13-8-1-7(2-9(14)3-8)12-4-10(16-17-12)11-5-18-6-15-11/h1-3,5,12H,4H2/t12-/m1/s1. The van der Waals surface area contributed by atoms with Crippen LogP contribution in [0.1, 0.15) is 23.8 Å². The van der Waals surface area contributed by atoms with Crippen molar-refractivity contribution in [1.29, 1.82) is 0 Å². The lowest BCUT2D eigenvalue weighted by Crippen LogP contribution is -2.02. The van der Waals surface area contributed by atoms with Crippen LogP contribution in [0.15, 0.2) is 28.7 Å². The molecule has 3 nitrogen and oxygen atoms in total. The number of thiazole rings is 1. The van der Waals surface area contributed by atoms with Crippen molar-refractivity contribution >= 4 is 17.0 Å². The van der Waals surface area contributed by atoms with Crippen molar-refractivity contribution < 1.29 is 13.6 Å². The third-order valence-corrected chi connectivity index (χ3v) is 3.15. The van der Waals surface area contributed by atoms with Crippen molar-refractivity contribution in [2.75, 3.05) is 0 Å².